The van der Waals surface area contributed by atoms with Gasteiger partial charge in [-0.1, -0.05) is 37.6 Å². The molecule has 0 aliphatic heterocycles. The maximum absolute atomic E-state index is 13.3. The van der Waals surface area contributed by atoms with E-state index in [1.807, 2.05) is 52.0 Å². The molecule has 1 atom stereocenters. The molecule has 31 heavy (non-hydrogen) atoms. The molecule has 0 aliphatic carbocycles. The fourth-order valence-corrected chi connectivity index (χ4v) is 3.23. The third kappa shape index (κ3) is 8.59. The lowest BCUT2D eigenvalue weighted by Crippen LogP contribution is -2.55. The molecule has 0 aliphatic rings. The molecule has 0 fully saturated rings. The van der Waals surface area contributed by atoms with Crippen molar-refractivity contribution in [3.05, 3.63) is 35.4 Å². The van der Waals surface area contributed by atoms with Gasteiger partial charge in [0.05, 0.1) is 0 Å². The van der Waals surface area contributed by atoms with Crippen LogP contribution in [0.1, 0.15) is 78.5 Å². The summed E-state index contributed by atoms with van der Waals surface area (Å²) in [6, 6.07) is 6.74. The zero-order valence-electron chi connectivity index (χ0n) is 20.3. The molecule has 0 heterocycles. The van der Waals surface area contributed by atoms with Crippen LogP contribution in [-0.4, -0.2) is 47.0 Å². The van der Waals surface area contributed by atoms with Gasteiger partial charge in [-0.15, -0.1) is 0 Å². The summed E-state index contributed by atoms with van der Waals surface area (Å²) >= 11 is 0. The van der Waals surface area contributed by atoms with E-state index in [2.05, 4.69) is 17.6 Å². The highest BCUT2D eigenvalue weighted by Crippen LogP contribution is 2.31. The molecular formula is C24H39N3O4. The Labute approximate surface area is 186 Å². The number of carbonyl (C=O) groups excluding carboxylic acids is 3. The van der Waals surface area contributed by atoms with E-state index >= 15 is 0 Å². The van der Waals surface area contributed by atoms with Crippen molar-refractivity contribution < 1.29 is 19.1 Å². The normalized spacial score (nSPS) is 12.6. The first kappa shape index (κ1) is 26.5. The lowest BCUT2D eigenvalue weighted by molar-refractivity contribution is -0.146. The van der Waals surface area contributed by atoms with E-state index in [0.717, 1.165) is 24.0 Å². The highest BCUT2D eigenvalue weighted by Gasteiger charge is 2.39. The number of hydrogen-bond acceptors (Lipinski definition) is 4. The van der Waals surface area contributed by atoms with Crippen LogP contribution in [-0.2, 0) is 14.3 Å². The van der Waals surface area contributed by atoms with Crippen molar-refractivity contribution >= 4 is 17.9 Å². The lowest BCUT2D eigenvalue weighted by Gasteiger charge is -2.41. The first-order valence-corrected chi connectivity index (χ1v) is 10.9. The number of benzene rings is 1. The lowest BCUT2D eigenvalue weighted by atomic mass is 9.94. The predicted molar refractivity (Wildman–Crippen MR) is 123 cm³/mol. The fraction of sp³-hybridized carbons (Fsp3) is 0.625. The number of carbonyl (C=O) groups is 3. The molecule has 174 valence electrons. The summed E-state index contributed by atoms with van der Waals surface area (Å²) in [4.78, 5) is 40.2. The largest absolute Gasteiger partial charge is 0.444 e. The number of rotatable bonds is 8. The monoisotopic (exact) mass is 433 g/mol. The zero-order valence-corrected chi connectivity index (χ0v) is 20.3. The minimum absolute atomic E-state index is 0.233. The number of ether oxygens (including phenoxy) is 1. The van der Waals surface area contributed by atoms with Gasteiger partial charge in [-0.05, 0) is 66.0 Å². The van der Waals surface area contributed by atoms with Crippen LogP contribution in [0.4, 0.5) is 4.79 Å². The van der Waals surface area contributed by atoms with Crippen LogP contribution in [0.15, 0.2) is 24.3 Å². The second-order valence-electron chi connectivity index (χ2n) is 9.69. The summed E-state index contributed by atoms with van der Waals surface area (Å²) in [6.45, 7) is 15.1. The Morgan fingerprint density at radius 1 is 1.03 bits per heavy atom. The van der Waals surface area contributed by atoms with Gasteiger partial charge in [0, 0.05) is 12.1 Å². The van der Waals surface area contributed by atoms with Gasteiger partial charge in [-0.25, -0.2) is 4.79 Å². The Morgan fingerprint density at radius 3 is 2.16 bits per heavy atom. The number of alkyl carbamates (subject to hydrolysis) is 1. The van der Waals surface area contributed by atoms with Gasteiger partial charge >= 0.3 is 6.09 Å². The molecule has 1 rings (SSSR count). The third-order valence-electron chi connectivity index (χ3n) is 4.59. The average Bonchev–Trinajstić information content (AvgIpc) is 2.62. The maximum Gasteiger partial charge on any atom is 0.408 e. The Morgan fingerprint density at radius 2 is 1.65 bits per heavy atom. The van der Waals surface area contributed by atoms with Crippen molar-refractivity contribution in [1.82, 2.24) is 15.5 Å². The van der Waals surface area contributed by atoms with Gasteiger partial charge in [-0.2, -0.15) is 0 Å². The van der Waals surface area contributed by atoms with Gasteiger partial charge in [0.2, 0.25) is 11.8 Å². The van der Waals surface area contributed by atoms with Crippen molar-refractivity contribution in [2.45, 2.75) is 85.4 Å². The molecular weight excluding hydrogens is 394 g/mol. The van der Waals surface area contributed by atoms with E-state index < -0.39 is 23.3 Å². The Bertz CT molecular complexity index is 763. The topological polar surface area (TPSA) is 87.7 Å². The van der Waals surface area contributed by atoms with Crippen LogP contribution in [0, 0.1) is 6.92 Å². The van der Waals surface area contributed by atoms with Gasteiger partial charge in [0.25, 0.3) is 0 Å². The predicted octanol–water partition coefficient (Wildman–Crippen LogP) is 4.10. The first-order valence-electron chi connectivity index (χ1n) is 10.9. The van der Waals surface area contributed by atoms with Gasteiger partial charge in [0.1, 0.15) is 18.2 Å². The van der Waals surface area contributed by atoms with Crippen LogP contribution in [0.5, 0.6) is 0 Å². The number of hydrogen-bond donors (Lipinski definition) is 2. The summed E-state index contributed by atoms with van der Waals surface area (Å²) in [7, 11) is 0. The van der Waals surface area contributed by atoms with E-state index in [1.165, 1.54) is 0 Å². The van der Waals surface area contributed by atoms with Crippen molar-refractivity contribution in [2.75, 3.05) is 13.1 Å². The maximum atomic E-state index is 13.3. The number of aryl methyl sites for hydroxylation is 1. The second kappa shape index (κ2) is 11.2. The van der Waals surface area contributed by atoms with E-state index in [0.29, 0.717) is 6.54 Å². The van der Waals surface area contributed by atoms with Gasteiger partial charge in [-0.3, -0.25) is 9.59 Å². The van der Waals surface area contributed by atoms with Crippen molar-refractivity contribution in [3.63, 3.8) is 0 Å². The average molecular weight is 434 g/mol. The van der Waals surface area contributed by atoms with Crippen LogP contribution in [0.25, 0.3) is 0 Å². The highest BCUT2D eigenvalue weighted by molar-refractivity contribution is 5.91. The molecule has 2 N–H and O–H groups in total. The smallest absolute Gasteiger partial charge is 0.408 e. The van der Waals surface area contributed by atoms with E-state index in [4.69, 9.17) is 4.74 Å². The number of amides is 3. The van der Waals surface area contributed by atoms with Gasteiger partial charge in [0.15, 0.2) is 0 Å². The molecule has 0 saturated carbocycles. The minimum atomic E-state index is -0.814. The summed E-state index contributed by atoms with van der Waals surface area (Å²) < 4.78 is 5.23. The van der Waals surface area contributed by atoms with Crippen molar-refractivity contribution in [2.24, 2.45) is 0 Å². The quantitative estimate of drug-likeness (QED) is 0.604. The molecule has 0 spiro atoms. The Balaban J connectivity index is 3.23. The Hall–Kier alpha value is -2.57. The van der Waals surface area contributed by atoms with Gasteiger partial charge < -0.3 is 20.3 Å². The molecule has 0 bridgehead atoms. The Kier molecular flexibility index (Phi) is 9.53. The van der Waals surface area contributed by atoms with E-state index in [9.17, 15) is 14.4 Å². The molecule has 7 nitrogen and oxygen atoms in total. The molecule has 7 heteroatoms. The molecule has 1 unspecified atom stereocenters. The van der Waals surface area contributed by atoms with E-state index in [-0.39, 0.29) is 18.4 Å². The number of nitrogens with one attached hydrogen (secondary N) is 2. The number of unbranched alkanes of at least 4 members (excludes halogenated alkanes) is 1. The zero-order chi connectivity index (χ0) is 23.8. The van der Waals surface area contributed by atoms with Crippen molar-refractivity contribution in [1.29, 1.82) is 0 Å². The summed E-state index contributed by atoms with van der Waals surface area (Å²) in [5.74, 6) is -0.597. The third-order valence-corrected chi connectivity index (χ3v) is 4.59. The summed E-state index contributed by atoms with van der Waals surface area (Å²) in [5, 5.41) is 5.49. The minimum Gasteiger partial charge on any atom is -0.444 e. The van der Waals surface area contributed by atoms with Crippen LogP contribution in [0.3, 0.4) is 0 Å². The molecule has 0 radical (unpaired) electrons. The molecule has 1 aromatic carbocycles. The van der Waals surface area contributed by atoms with Crippen LogP contribution < -0.4 is 10.6 Å². The highest BCUT2D eigenvalue weighted by atomic mass is 16.6. The molecule has 0 aromatic heterocycles. The van der Waals surface area contributed by atoms with Crippen LogP contribution >= 0.6 is 0 Å². The summed E-state index contributed by atoms with van der Waals surface area (Å²) in [6.07, 6.45) is 1.14. The van der Waals surface area contributed by atoms with Crippen molar-refractivity contribution in [3.8, 4) is 0 Å². The molecule has 0 saturated heterocycles. The number of nitrogens with zero attached hydrogens (tertiary/aromatic N) is 1. The SMILES string of the molecule is CCCCNC(=O)C(c1ccccc1C)N(C(=O)CNC(=O)OC(C)(C)C)C(C)(C)C. The van der Waals surface area contributed by atoms with E-state index in [1.54, 1.807) is 25.7 Å². The van der Waals surface area contributed by atoms with Crippen LogP contribution in [0.2, 0.25) is 0 Å². The molecule has 1 aromatic rings. The standard InChI is InChI=1S/C24H39N3O4/c1-9-10-15-25-21(29)20(18-14-12-11-13-17(18)2)27(23(3,4)5)19(28)16-26-22(30)31-24(6,7)8/h11-14,20H,9-10,15-16H2,1-8H3,(H,25,29)(H,26,30). The fourth-order valence-electron chi connectivity index (χ4n) is 3.23. The molecule has 3 amide bonds. The first-order chi connectivity index (χ1) is 14.3. The second-order valence-corrected chi connectivity index (χ2v) is 9.69. The summed E-state index contributed by atoms with van der Waals surface area (Å²) in [5.41, 5.74) is 0.346.